The van der Waals surface area contributed by atoms with E-state index in [0.29, 0.717) is 0 Å². The number of para-hydroxylation sites is 1. The molecule has 1 heterocycles. The van der Waals surface area contributed by atoms with Gasteiger partial charge in [0.2, 0.25) is 0 Å². The van der Waals surface area contributed by atoms with E-state index in [0.717, 1.165) is 0 Å². The van der Waals surface area contributed by atoms with Crippen LogP contribution in [0.2, 0.25) is 10.2 Å². The molecule has 0 unspecified atom stereocenters. The van der Waals surface area contributed by atoms with Crippen LogP contribution in [0.4, 0.5) is 0 Å². The number of carbonyl (C=O) groups excluding carboxylic acids is 2. The van der Waals surface area contributed by atoms with E-state index in [2.05, 4.69) is 15.0 Å². The Balaban J connectivity index is 2.35. The second-order valence-electron chi connectivity index (χ2n) is 4.45. The predicted octanol–water partition coefficient (Wildman–Crippen LogP) is 2.74. The van der Waals surface area contributed by atoms with Gasteiger partial charge in [0.05, 0.1) is 12.1 Å². The summed E-state index contributed by atoms with van der Waals surface area (Å²) in [5.41, 5.74) is 0.0503. The zero-order chi connectivity index (χ0) is 17.0. The fraction of sp³-hybridized carbons (Fsp3) is 0.133. The molecular formula is C15H12Cl2N2O4. The number of nitrogens with one attached hydrogen (secondary N) is 1. The van der Waals surface area contributed by atoms with Crippen LogP contribution in [0, 0.1) is 0 Å². The molecular weight excluding hydrogens is 343 g/mol. The number of amides is 1. The second-order valence-corrected chi connectivity index (χ2v) is 5.25. The molecule has 1 aromatic carbocycles. The lowest BCUT2D eigenvalue weighted by molar-refractivity contribution is -0.143. The van der Waals surface area contributed by atoms with Gasteiger partial charge in [-0.15, -0.1) is 0 Å². The van der Waals surface area contributed by atoms with Crippen molar-refractivity contribution in [1.82, 2.24) is 10.3 Å². The van der Waals surface area contributed by atoms with Crippen LogP contribution in [-0.2, 0) is 9.53 Å². The number of esters is 1. The van der Waals surface area contributed by atoms with Crippen molar-refractivity contribution in [1.29, 1.82) is 0 Å². The van der Waals surface area contributed by atoms with Crippen molar-refractivity contribution in [2.45, 2.75) is 6.04 Å². The number of hydrogen-bond acceptors (Lipinski definition) is 5. The molecule has 1 aromatic heterocycles. The summed E-state index contributed by atoms with van der Waals surface area (Å²) >= 11 is 11.7. The van der Waals surface area contributed by atoms with Crippen molar-refractivity contribution in [2.24, 2.45) is 0 Å². The number of hydrogen-bond donors (Lipinski definition) is 2. The molecule has 1 amide bonds. The number of aromatic hydroxyl groups is 1. The third kappa shape index (κ3) is 3.91. The Morgan fingerprint density at radius 1 is 1.22 bits per heavy atom. The number of pyridine rings is 1. The maximum atomic E-state index is 12.3. The summed E-state index contributed by atoms with van der Waals surface area (Å²) in [7, 11) is 1.17. The first-order chi connectivity index (χ1) is 10.9. The molecule has 0 fully saturated rings. The van der Waals surface area contributed by atoms with E-state index in [-0.39, 0.29) is 27.2 Å². The van der Waals surface area contributed by atoms with Gasteiger partial charge in [0.15, 0.2) is 6.04 Å². The van der Waals surface area contributed by atoms with Crippen LogP contribution < -0.4 is 5.32 Å². The van der Waals surface area contributed by atoms with Crippen molar-refractivity contribution < 1.29 is 19.4 Å². The number of halogens is 2. The van der Waals surface area contributed by atoms with E-state index in [1.54, 1.807) is 12.1 Å². The quantitative estimate of drug-likeness (QED) is 0.650. The molecule has 120 valence electrons. The van der Waals surface area contributed by atoms with Gasteiger partial charge in [-0.3, -0.25) is 4.79 Å². The largest absolute Gasteiger partial charge is 0.508 e. The number of nitrogens with zero attached hydrogens (tertiary/aromatic N) is 1. The van der Waals surface area contributed by atoms with E-state index in [4.69, 9.17) is 23.2 Å². The van der Waals surface area contributed by atoms with Gasteiger partial charge < -0.3 is 15.2 Å². The van der Waals surface area contributed by atoms with Gasteiger partial charge >= 0.3 is 5.97 Å². The summed E-state index contributed by atoms with van der Waals surface area (Å²) in [4.78, 5) is 28.1. The Morgan fingerprint density at radius 3 is 2.57 bits per heavy atom. The number of benzene rings is 1. The molecule has 0 aliphatic heterocycles. The summed E-state index contributed by atoms with van der Waals surface area (Å²) in [6.07, 6.45) is 0. The number of aromatic nitrogens is 1. The third-order valence-corrected chi connectivity index (χ3v) is 3.50. The van der Waals surface area contributed by atoms with Crippen molar-refractivity contribution in [3.8, 4) is 5.75 Å². The average molecular weight is 355 g/mol. The van der Waals surface area contributed by atoms with Gasteiger partial charge in [0.1, 0.15) is 16.6 Å². The summed E-state index contributed by atoms with van der Waals surface area (Å²) in [6.45, 7) is 0. The van der Waals surface area contributed by atoms with E-state index in [1.165, 1.54) is 31.4 Å². The molecule has 23 heavy (non-hydrogen) atoms. The SMILES string of the molecule is COC(=O)[C@@H](NC(=O)c1nc(Cl)ccc1Cl)c1ccccc1O. The Kier molecular flexibility index (Phi) is 5.41. The zero-order valence-electron chi connectivity index (χ0n) is 11.9. The lowest BCUT2D eigenvalue weighted by Gasteiger charge is -2.18. The van der Waals surface area contributed by atoms with Crippen molar-refractivity contribution in [2.75, 3.05) is 7.11 Å². The summed E-state index contributed by atoms with van der Waals surface area (Å²) in [5, 5.41) is 12.5. The van der Waals surface area contributed by atoms with Crippen LogP contribution in [0.5, 0.6) is 5.75 Å². The molecule has 2 aromatic rings. The van der Waals surface area contributed by atoms with E-state index >= 15 is 0 Å². The highest BCUT2D eigenvalue weighted by atomic mass is 35.5. The first-order valence-electron chi connectivity index (χ1n) is 6.42. The maximum Gasteiger partial charge on any atom is 0.333 e. The number of phenols is 1. The van der Waals surface area contributed by atoms with Gasteiger partial charge in [0.25, 0.3) is 5.91 Å². The fourth-order valence-electron chi connectivity index (χ4n) is 1.89. The highest BCUT2D eigenvalue weighted by Gasteiger charge is 2.27. The zero-order valence-corrected chi connectivity index (χ0v) is 13.4. The second kappa shape index (κ2) is 7.30. The Hall–Kier alpha value is -2.31. The molecule has 8 heteroatoms. The topological polar surface area (TPSA) is 88.5 Å². The average Bonchev–Trinajstić information content (AvgIpc) is 2.54. The maximum absolute atomic E-state index is 12.3. The molecule has 0 saturated heterocycles. The van der Waals surface area contributed by atoms with E-state index in [1.807, 2.05) is 0 Å². The highest BCUT2D eigenvalue weighted by molar-refractivity contribution is 6.34. The van der Waals surface area contributed by atoms with Gasteiger partial charge in [-0.05, 0) is 18.2 Å². The number of methoxy groups -OCH3 is 1. The Morgan fingerprint density at radius 2 is 1.91 bits per heavy atom. The van der Waals surface area contributed by atoms with Crippen molar-refractivity contribution in [3.05, 3.63) is 57.8 Å². The third-order valence-electron chi connectivity index (χ3n) is 2.99. The molecule has 2 N–H and O–H groups in total. The van der Waals surface area contributed by atoms with E-state index < -0.39 is 17.9 Å². The molecule has 6 nitrogen and oxygen atoms in total. The number of phenolic OH excluding ortho intramolecular Hbond substituents is 1. The molecule has 0 aliphatic carbocycles. The van der Waals surface area contributed by atoms with E-state index in [9.17, 15) is 14.7 Å². The van der Waals surface area contributed by atoms with Gasteiger partial charge in [-0.25, -0.2) is 9.78 Å². The van der Waals surface area contributed by atoms with Crippen LogP contribution in [-0.4, -0.2) is 29.1 Å². The first kappa shape index (κ1) is 17.1. The van der Waals surface area contributed by atoms with Gasteiger partial charge in [-0.2, -0.15) is 0 Å². The standard InChI is InChI=1S/C15H12Cl2N2O4/c1-23-15(22)12(8-4-2-3-5-10(8)20)19-14(21)13-9(16)6-7-11(17)18-13/h2-7,12,20H,1H3,(H,19,21)/t12-/m0/s1. The fourth-order valence-corrected chi connectivity index (χ4v) is 2.23. The highest BCUT2D eigenvalue weighted by Crippen LogP contribution is 2.25. The van der Waals surface area contributed by atoms with Crippen molar-refractivity contribution in [3.63, 3.8) is 0 Å². The van der Waals surface area contributed by atoms with Gasteiger partial charge in [0, 0.05) is 5.56 Å². The van der Waals surface area contributed by atoms with Crippen LogP contribution in [0.15, 0.2) is 36.4 Å². The minimum atomic E-state index is -1.22. The van der Waals surface area contributed by atoms with Crippen LogP contribution in [0.3, 0.4) is 0 Å². The molecule has 0 bridgehead atoms. The molecule has 0 aliphatic rings. The molecule has 1 atom stereocenters. The van der Waals surface area contributed by atoms with Crippen LogP contribution in [0.1, 0.15) is 22.1 Å². The predicted molar refractivity (Wildman–Crippen MR) is 84.6 cm³/mol. The number of ether oxygens (including phenoxy) is 1. The lowest BCUT2D eigenvalue weighted by atomic mass is 10.1. The Bertz CT molecular complexity index is 752. The minimum Gasteiger partial charge on any atom is -0.508 e. The molecule has 0 radical (unpaired) electrons. The van der Waals surface area contributed by atoms with Crippen molar-refractivity contribution >= 4 is 35.1 Å². The lowest BCUT2D eigenvalue weighted by Crippen LogP contribution is -2.35. The van der Waals surface area contributed by atoms with Crippen LogP contribution >= 0.6 is 23.2 Å². The normalized spacial score (nSPS) is 11.6. The summed E-state index contributed by atoms with van der Waals surface area (Å²) in [5.74, 6) is -1.64. The summed E-state index contributed by atoms with van der Waals surface area (Å²) < 4.78 is 4.67. The monoisotopic (exact) mass is 354 g/mol. The molecule has 0 spiro atoms. The smallest absolute Gasteiger partial charge is 0.333 e. The summed E-state index contributed by atoms with van der Waals surface area (Å²) in [6, 6.07) is 7.71. The van der Waals surface area contributed by atoms with Gasteiger partial charge in [-0.1, -0.05) is 41.4 Å². The molecule has 0 saturated carbocycles. The number of carbonyl (C=O) groups is 2. The minimum absolute atomic E-state index is 0.0767. The first-order valence-corrected chi connectivity index (χ1v) is 7.18. The molecule has 2 rings (SSSR count). The Labute approximate surface area is 142 Å². The number of rotatable bonds is 4. The van der Waals surface area contributed by atoms with Crippen LogP contribution in [0.25, 0.3) is 0 Å².